The minimum atomic E-state index is 0.284. The Morgan fingerprint density at radius 3 is 2.52 bits per heavy atom. The molecule has 1 N–H and O–H groups in total. The molecule has 116 valence electrons. The van der Waals surface area contributed by atoms with E-state index in [0.29, 0.717) is 11.9 Å². The van der Waals surface area contributed by atoms with Crippen molar-refractivity contribution in [1.82, 2.24) is 15.0 Å². The molecule has 21 heavy (non-hydrogen) atoms. The van der Waals surface area contributed by atoms with Crippen molar-refractivity contribution in [3.63, 3.8) is 0 Å². The first-order valence-corrected chi connectivity index (χ1v) is 8.59. The van der Waals surface area contributed by atoms with E-state index in [1.54, 1.807) is 0 Å². The first kappa shape index (κ1) is 14.8. The maximum atomic E-state index is 6.03. The summed E-state index contributed by atoms with van der Waals surface area (Å²) < 4.78 is 0. The highest BCUT2D eigenvalue weighted by molar-refractivity contribution is 6.28. The van der Waals surface area contributed by atoms with Crippen molar-refractivity contribution < 1.29 is 0 Å². The van der Waals surface area contributed by atoms with Gasteiger partial charge in [-0.25, -0.2) is 0 Å². The van der Waals surface area contributed by atoms with Crippen LogP contribution in [0.25, 0.3) is 0 Å². The van der Waals surface area contributed by atoms with E-state index in [2.05, 4.69) is 25.2 Å². The predicted octanol–water partition coefficient (Wildman–Crippen LogP) is 3.51. The molecule has 1 aromatic heterocycles. The number of anilines is 2. The zero-order valence-electron chi connectivity index (χ0n) is 12.5. The van der Waals surface area contributed by atoms with E-state index in [9.17, 15) is 0 Å². The highest BCUT2D eigenvalue weighted by Gasteiger charge is 2.17. The molecule has 2 aliphatic rings. The Bertz CT molecular complexity index is 455. The molecule has 0 spiro atoms. The topological polar surface area (TPSA) is 53.9 Å². The quantitative estimate of drug-likeness (QED) is 0.902. The van der Waals surface area contributed by atoms with E-state index in [0.717, 1.165) is 25.6 Å². The van der Waals surface area contributed by atoms with Crippen LogP contribution in [0.1, 0.15) is 51.4 Å². The molecule has 1 aromatic rings. The number of hydrogen-bond acceptors (Lipinski definition) is 5. The van der Waals surface area contributed by atoms with E-state index in [-0.39, 0.29) is 5.28 Å². The molecule has 2 fully saturated rings. The smallest absolute Gasteiger partial charge is 0.231 e. The van der Waals surface area contributed by atoms with Crippen LogP contribution in [-0.4, -0.2) is 34.6 Å². The number of hydrogen-bond donors (Lipinski definition) is 1. The Labute approximate surface area is 131 Å². The summed E-state index contributed by atoms with van der Waals surface area (Å²) in [7, 11) is 0. The fourth-order valence-corrected chi connectivity index (χ4v) is 3.50. The van der Waals surface area contributed by atoms with Gasteiger partial charge in [0.15, 0.2) is 0 Å². The molecule has 1 saturated heterocycles. The standard InChI is InChI=1S/C15H24ClN5/c16-13-18-14(17-9-8-12-6-2-1-3-7-12)20-15(19-13)21-10-4-5-11-21/h12H,1-11H2,(H,17,18,19,20). The van der Waals surface area contributed by atoms with Gasteiger partial charge in [0.1, 0.15) is 0 Å². The predicted molar refractivity (Wildman–Crippen MR) is 86.0 cm³/mol. The van der Waals surface area contributed by atoms with Gasteiger partial charge in [0.25, 0.3) is 0 Å². The first-order chi connectivity index (χ1) is 10.3. The molecule has 1 aliphatic heterocycles. The number of nitrogens with one attached hydrogen (secondary N) is 1. The molecular weight excluding hydrogens is 286 g/mol. The number of halogens is 1. The highest BCUT2D eigenvalue weighted by atomic mass is 35.5. The summed E-state index contributed by atoms with van der Waals surface area (Å²) in [6, 6.07) is 0. The van der Waals surface area contributed by atoms with Gasteiger partial charge in [-0.1, -0.05) is 32.1 Å². The summed E-state index contributed by atoms with van der Waals surface area (Å²) in [5.74, 6) is 2.20. The molecule has 0 aromatic carbocycles. The molecule has 0 atom stereocenters. The lowest BCUT2D eigenvalue weighted by Gasteiger charge is -2.21. The van der Waals surface area contributed by atoms with Gasteiger partial charge in [0, 0.05) is 19.6 Å². The second-order valence-corrected chi connectivity index (χ2v) is 6.48. The molecule has 5 nitrogen and oxygen atoms in total. The monoisotopic (exact) mass is 309 g/mol. The van der Waals surface area contributed by atoms with Gasteiger partial charge in [-0.05, 0) is 36.8 Å². The Hall–Kier alpha value is -1.10. The first-order valence-electron chi connectivity index (χ1n) is 8.21. The van der Waals surface area contributed by atoms with Crippen LogP contribution in [0.15, 0.2) is 0 Å². The van der Waals surface area contributed by atoms with Crippen LogP contribution in [0.4, 0.5) is 11.9 Å². The largest absolute Gasteiger partial charge is 0.354 e. The van der Waals surface area contributed by atoms with Crippen molar-refractivity contribution >= 4 is 23.5 Å². The maximum absolute atomic E-state index is 6.03. The molecule has 1 saturated carbocycles. The summed E-state index contributed by atoms with van der Waals surface area (Å²) in [4.78, 5) is 15.1. The third kappa shape index (κ3) is 4.19. The lowest BCUT2D eigenvalue weighted by atomic mass is 9.87. The third-order valence-corrected chi connectivity index (χ3v) is 4.71. The van der Waals surface area contributed by atoms with Gasteiger partial charge in [0.2, 0.25) is 17.2 Å². The Morgan fingerprint density at radius 1 is 1.00 bits per heavy atom. The Balaban J connectivity index is 1.54. The minimum absolute atomic E-state index is 0.284. The van der Waals surface area contributed by atoms with Crippen LogP contribution in [-0.2, 0) is 0 Å². The van der Waals surface area contributed by atoms with Crippen molar-refractivity contribution in [3.05, 3.63) is 5.28 Å². The van der Waals surface area contributed by atoms with E-state index >= 15 is 0 Å². The lowest BCUT2D eigenvalue weighted by molar-refractivity contribution is 0.345. The van der Waals surface area contributed by atoms with E-state index in [1.807, 2.05) is 0 Å². The number of aromatic nitrogens is 3. The van der Waals surface area contributed by atoms with Crippen LogP contribution in [0.2, 0.25) is 5.28 Å². The van der Waals surface area contributed by atoms with Gasteiger partial charge >= 0.3 is 0 Å². The fraction of sp³-hybridized carbons (Fsp3) is 0.800. The zero-order chi connectivity index (χ0) is 14.5. The van der Waals surface area contributed by atoms with E-state index in [1.165, 1.54) is 51.4 Å². The van der Waals surface area contributed by atoms with Crippen molar-refractivity contribution in [2.24, 2.45) is 5.92 Å². The molecule has 1 aliphatic carbocycles. The average Bonchev–Trinajstić information content (AvgIpc) is 3.02. The summed E-state index contributed by atoms with van der Waals surface area (Å²) in [6.07, 6.45) is 10.5. The van der Waals surface area contributed by atoms with Crippen molar-refractivity contribution in [2.75, 3.05) is 29.9 Å². The van der Waals surface area contributed by atoms with Crippen LogP contribution in [0.5, 0.6) is 0 Å². The zero-order valence-corrected chi connectivity index (χ0v) is 13.3. The van der Waals surface area contributed by atoms with Crippen molar-refractivity contribution in [2.45, 2.75) is 51.4 Å². The third-order valence-electron chi connectivity index (χ3n) is 4.55. The fourth-order valence-electron chi connectivity index (χ4n) is 3.34. The number of rotatable bonds is 5. The van der Waals surface area contributed by atoms with Gasteiger partial charge in [-0.3, -0.25) is 0 Å². The second kappa shape index (κ2) is 7.25. The molecule has 0 amide bonds. The Morgan fingerprint density at radius 2 is 1.76 bits per heavy atom. The summed E-state index contributed by atoms with van der Waals surface area (Å²) in [5, 5.41) is 3.61. The average molecular weight is 310 g/mol. The molecule has 6 heteroatoms. The molecule has 2 heterocycles. The van der Waals surface area contributed by atoms with Crippen molar-refractivity contribution in [1.29, 1.82) is 0 Å². The van der Waals surface area contributed by atoms with Crippen LogP contribution >= 0.6 is 11.6 Å². The number of nitrogens with zero attached hydrogens (tertiary/aromatic N) is 4. The Kier molecular flexibility index (Phi) is 5.12. The van der Waals surface area contributed by atoms with E-state index < -0.39 is 0 Å². The summed E-state index contributed by atoms with van der Waals surface area (Å²) in [5.41, 5.74) is 0. The SMILES string of the molecule is Clc1nc(NCCC2CCCCC2)nc(N2CCCC2)n1. The molecule has 0 unspecified atom stereocenters. The van der Waals surface area contributed by atoms with Gasteiger partial charge in [-0.2, -0.15) is 15.0 Å². The summed E-state index contributed by atoms with van der Waals surface area (Å²) in [6.45, 7) is 2.95. The normalized spacial score (nSPS) is 20.0. The minimum Gasteiger partial charge on any atom is -0.354 e. The van der Waals surface area contributed by atoms with Gasteiger partial charge < -0.3 is 10.2 Å². The van der Waals surface area contributed by atoms with Crippen LogP contribution in [0, 0.1) is 5.92 Å². The maximum Gasteiger partial charge on any atom is 0.231 e. The molecular formula is C15H24ClN5. The molecule has 0 bridgehead atoms. The van der Waals surface area contributed by atoms with Gasteiger partial charge in [-0.15, -0.1) is 0 Å². The molecule has 3 rings (SSSR count). The van der Waals surface area contributed by atoms with Crippen LogP contribution in [0.3, 0.4) is 0 Å². The second-order valence-electron chi connectivity index (χ2n) is 6.14. The van der Waals surface area contributed by atoms with E-state index in [4.69, 9.17) is 11.6 Å². The van der Waals surface area contributed by atoms with Crippen molar-refractivity contribution in [3.8, 4) is 0 Å². The van der Waals surface area contributed by atoms with Crippen LogP contribution < -0.4 is 10.2 Å². The lowest BCUT2D eigenvalue weighted by Crippen LogP contribution is -2.22. The van der Waals surface area contributed by atoms with Gasteiger partial charge in [0.05, 0.1) is 0 Å². The molecule has 0 radical (unpaired) electrons. The highest BCUT2D eigenvalue weighted by Crippen LogP contribution is 2.26. The summed E-state index contributed by atoms with van der Waals surface area (Å²) >= 11 is 6.03.